The Morgan fingerprint density at radius 2 is 1.50 bits per heavy atom. The van der Waals surface area contributed by atoms with Crippen LogP contribution in [0.25, 0.3) is 0 Å². The molecule has 0 atom stereocenters. The van der Waals surface area contributed by atoms with Crippen molar-refractivity contribution in [2.45, 2.75) is 65.2 Å². The number of hydrogen-bond donors (Lipinski definition) is 2. The third kappa shape index (κ3) is 7.69. The normalized spacial score (nSPS) is 11.7. The zero-order valence-corrected chi connectivity index (χ0v) is 19.5. The van der Waals surface area contributed by atoms with Gasteiger partial charge >= 0.3 is 5.97 Å². The van der Waals surface area contributed by atoms with Crippen LogP contribution in [0, 0.1) is 0 Å². The van der Waals surface area contributed by atoms with Gasteiger partial charge < -0.3 is 20.1 Å². The lowest BCUT2D eigenvalue weighted by Crippen LogP contribution is -2.38. The van der Waals surface area contributed by atoms with E-state index in [2.05, 4.69) is 5.32 Å². The minimum atomic E-state index is -0.520. The summed E-state index contributed by atoms with van der Waals surface area (Å²) in [6, 6.07) is 3.86. The highest BCUT2D eigenvalue weighted by Gasteiger charge is 2.26. The summed E-state index contributed by atoms with van der Waals surface area (Å²) in [7, 11) is 3.18. The molecule has 0 aliphatic rings. The Kier molecular flexibility index (Phi) is 8.45. The summed E-state index contributed by atoms with van der Waals surface area (Å²) in [6.07, 6.45) is 0.549. The van der Waals surface area contributed by atoms with Crippen LogP contribution in [0.5, 0.6) is 5.75 Å². The molecule has 0 aliphatic carbocycles. The SMILES string of the molecule is CN(C)C(=O)CNC(=O)COC(=O)CCc1cc(C(C)(C)C)c(O)c(C(C)(C)C)c1. The highest BCUT2D eigenvalue weighted by atomic mass is 16.5. The number of esters is 1. The standard InChI is InChI=1S/C23H36N2O5/c1-22(2,3)16-11-15(12-17(21(16)29)23(4,5)6)9-10-20(28)30-14-18(26)24-13-19(27)25(7)8/h11-12,29H,9-10,13-14H2,1-8H3,(H,24,26). The van der Waals surface area contributed by atoms with Gasteiger partial charge in [-0.2, -0.15) is 0 Å². The fraction of sp³-hybridized carbons (Fsp3) is 0.609. The molecule has 0 saturated heterocycles. The van der Waals surface area contributed by atoms with E-state index in [9.17, 15) is 19.5 Å². The third-order valence-corrected chi connectivity index (χ3v) is 4.70. The van der Waals surface area contributed by atoms with Gasteiger partial charge in [-0.3, -0.25) is 14.4 Å². The number of benzene rings is 1. The van der Waals surface area contributed by atoms with Crippen molar-refractivity contribution < 1.29 is 24.2 Å². The molecular weight excluding hydrogens is 384 g/mol. The molecule has 168 valence electrons. The van der Waals surface area contributed by atoms with Crippen LogP contribution in [0.4, 0.5) is 0 Å². The number of nitrogens with one attached hydrogen (secondary N) is 1. The molecule has 7 heteroatoms. The molecule has 1 aromatic rings. The largest absolute Gasteiger partial charge is 0.507 e. The second-order valence-electron chi connectivity index (χ2n) is 9.77. The predicted molar refractivity (Wildman–Crippen MR) is 116 cm³/mol. The molecule has 0 spiro atoms. The molecule has 0 saturated carbocycles. The lowest BCUT2D eigenvalue weighted by atomic mass is 9.78. The van der Waals surface area contributed by atoms with Crippen LogP contribution in [0.1, 0.15) is 64.7 Å². The van der Waals surface area contributed by atoms with Gasteiger partial charge in [-0.1, -0.05) is 53.7 Å². The third-order valence-electron chi connectivity index (χ3n) is 4.70. The molecule has 0 radical (unpaired) electrons. The highest BCUT2D eigenvalue weighted by Crippen LogP contribution is 2.39. The first-order valence-electron chi connectivity index (χ1n) is 10.1. The molecule has 1 rings (SSSR count). The number of aromatic hydroxyl groups is 1. The Labute approximate surface area is 179 Å². The second-order valence-corrected chi connectivity index (χ2v) is 9.77. The zero-order valence-electron chi connectivity index (χ0n) is 19.5. The van der Waals surface area contributed by atoms with Gasteiger partial charge in [0.25, 0.3) is 5.91 Å². The smallest absolute Gasteiger partial charge is 0.306 e. The molecule has 2 N–H and O–H groups in total. The Morgan fingerprint density at radius 3 is 1.93 bits per heavy atom. The minimum absolute atomic E-state index is 0.113. The van der Waals surface area contributed by atoms with Crippen LogP contribution < -0.4 is 5.32 Å². The quantitative estimate of drug-likeness (QED) is 0.661. The van der Waals surface area contributed by atoms with Crippen molar-refractivity contribution in [1.82, 2.24) is 10.2 Å². The lowest BCUT2D eigenvalue weighted by Gasteiger charge is -2.28. The highest BCUT2D eigenvalue weighted by molar-refractivity contribution is 5.86. The number of phenols is 1. The first-order valence-corrected chi connectivity index (χ1v) is 10.1. The molecule has 30 heavy (non-hydrogen) atoms. The van der Waals surface area contributed by atoms with E-state index in [1.54, 1.807) is 14.1 Å². The van der Waals surface area contributed by atoms with Gasteiger partial charge in [0.2, 0.25) is 5.91 Å². The van der Waals surface area contributed by atoms with E-state index in [-0.39, 0.29) is 29.7 Å². The lowest BCUT2D eigenvalue weighted by molar-refractivity contribution is -0.148. The van der Waals surface area contributed by atoms with Gasteiger partial charge in [-0.25, -0.2) is 0 Å². The topological polar surface area (TPSA) is 95.9 Å². The van der Waals surface area contributed by atoms with Crippen LogP contribution >= 0.6 is 0 Å². The number of likely N-dealkylation sites (N-methyl/N-ethyl adjacent to an activating group) is 1. The van der Waals surface area contributed by atoms with Crippen LogP contribution in [0.2, 0.25) is 0 Å². The van der Waals surface area contributed by atoms with Gasteiger partial charge in [-0.05, 0) is 33.9 Å². The van der Waals surface area contributed by atoms with Crippen molar-refractivity contribution in [3.63, 3.8) is 0 Å². The molecule has 0 heterocycles. The van der Waals surface area contributed by atoms with E-state index < -0.39 is 18.5 Å². The first kappa shape index (κ1) is 25.5. The maximum Gasteiger partial charge on any atom is 0.306 e. The number of phenolic OH excluding ortho intramolecular Hbond substituents is 1. The van der Waals surface area contributed by atoms with Crippen molar-refractivity contribution in [2.24, 2.45) is 0 Å². The van der Waals surface area contributed by atoms with Crippen LogP contribution in [0.3, 0.4) is 0 Å². The minimum Gasteiger partial charge on any atom is -0.507 e. The Bertz CT molecular complexity index is 751. The summed E-state index contributed by atoms with van der Waals surface area (Å²) >= 11 is 0. The number of aryl methyl sites for hydroxylation is 1. The van der Waals surface area contributed by atoms with E-state index in [1.807, 2.05) is 53.7 Å². The van der Waals surface area contributed by atoms with E-state index in [0.717, 1.165) is 16.7 Å². The predicted octanol–water partition coefficient (Wildman–Crippen LogP) is 2.67. The number of amides is 2. The van der Waals surface area contributed by atoms with Crippen molar-refractivity contribution >= 4 is 17.8 Å². The van der Waals surface area contributed by atoms with Crippen molar-refractivity contribution in [3.05, 3.63) is 28.8 Å². The number of ether oxygens (including phenoxy) is 1. The monoisotopic (exact) mass is 420 g/mol. The first-order chi connectivity index (χ1) is 13.6. The van der Waals surface area contributed by atoms with E-state index in [4.69, 9.17) is 4.74 Å². The summed E-state index contributed by atoms with van der Waals surface area (Å²) in [4.78, 5) is 36.6. The Hall–Kier alpha value is -2.57. The average Bonchev–Trinajstić information content (AvgIpc) is 2.61. The molecule has 0 aromatic heterocycles. The fourth-order valence-corrected chi connectivity index (χ4v) is 2.83. The molecule has 7 nitrogen and oxygen atoms in total. The van der Waals surface area contributed by atoms with E-state index >= 15 is 0 Å². The van der Waals surface area contributed by atoms with E-state index in [1.165, 1.54) is 4.90 Å². The Balaban J connectivity index is 2.74. The van der Waals surface area contributed by atoms with Gasteiger partial charge in [0.15, 0.2) is 6.61 Å². The number of carbonyl (C=O) groups excluding carboxylic acids is 3. The van der Waals surface area contributed by atoms with Crippen molar-refractivity contribution in [3.8, 4) is 5.75 Å². The number of hydrogen-bond acceptors (Lipinski definition) is 5. The van der Waals surface area contributed by atoms with Crippen molar-refractivity contribution in [1.29, 1.82) is 0 Å². The summed E-state index contributed by atoms with van der Waals surface area (Å²) < 4.78 is 5.01. The van der Waals surface area contributed by atoms with Crippen LogP contribution in [0.15, 0.2) is 12.1 Å². The molecule has 0 fully saturated rings. The van der Waals surface area contributed by atoms with Gasteiger partial charge in [-0.15, -0.1) is 0 Å². The molecule has 2 amide bonds. The maximum atomic E-state index is 12.1. The maximum absolute atomic E-state index is 12.1. The summed E-state index contributed by atoms with van der Waals surface area (Å²) in [5, 5.41) is 13.2. The number of nitrogens with zero attached hydrogens (tertiary/aromatic N) is 1. The van der Waals surface area contributed by atoms with Gasteiger partial charge in [0.05, 0.1) is 6.54 Å². The molecule has 0 unspecified atom stereocenters. The zero-order chi connectivity index (χ0) is 23.3. The fourth-order valence-electron chi connectivity index (χ4n) is 2.83. The van der Waals surface area contributed by atoms with Gasteiger partial charge in [0, 0.05) is 20.5 Å². The Morgan fingerprint density at radius 1 is 1.00 bits per heavy atom. The summed E-state index contributed by atoms with van der Waals surface area (Å²) in [6.45, 7) is 11.6. The number of rotatable bonds is 7. The van der Waals surface area contributed by atoms with E-state index in [0.29, 0.717) is 12.2 Å². The van der Waals surface area contributed by atoms with Gasteiger partial charge in [0.1, 0.15) is 5.75 Å². The van der Waals surface area contributed by atoms with Crippen LogP contribution in [-0.2, 0) is 36.4 Å². The van der Waals surface area contributed by atoms with Crippen LogP contribution in [-0.4, -0.2) is 55.0 Å². The average molecular weight is 421 g/mol. The molecule has 1 aromatic carbocycles. The summed E-state index contributed by atoms with van der Waals surface area (Å²) in [5.74, 6) is -0.961. The van der Waals surface area contributed by atoms with Crippen molar-refractivity contribution in [2.75, 3.05) is 27.2 Å². The second kappa shape index (κ2) is 9.96. The molecular formula is C23H36N2O5. The number of carbonyl (C=O) groups is 3. The molecule has 0 bridgehead atoms. The molecule has 0 aliphatic heterocycles. The summed E-state index contributed by atoms with van der Waals surface area (Å²) in [5.41, 5.74) is 2.11.